The number of nitrogens with one attached hydrogen (secondary N) is 1. The highest BCUT2D eigenvalue weighted by Crippen LogP contribution is 1.74. The van der Waals surface area contributed by atoms with Gasteiger partial charge >= 0.3 is 0 Å². The van der Waals surface area contributed by atoms with Crippen molar-refractivity contribution in [2.75, 3.05) is 0 Å². The lowest BCUT2D eigenvalue weighted by Crippen LogP contribution is -2.28. The third-order valence-electron chi connectivity index (χ3n) is 0.574. The molecular formula is C6H10NO. The molecule has 2 heteroatoms. The van der Waals surface area contributed by atoms with Gasteiger partial charge < -0.3 is 5.32 Å². The molecule has 0 aromatic carbocycles. The van der Waals surface area contributed by atoms with Crippen LogP contribution in [0.5, 0.6) is 0 Å². The fourth-order valence-corrected chi connectivity index (χ4v) is 0.302. The maximum Gasteiger partial charge on any atom is 0.243 e. The number of rotatable bonds is 2. The lowest BCUT2D eigenvalue weighted by molar-refractivity contribution is -0.116. The predicted molar refractivity (Wildman–Crippen MR) is 33.2 cm³/mol. The molecule has 0 rings (SSSR count). The van der Waals surface area contributed by atoms with Crippen molar-refractivity contribution in [1.29, 1.82) is 0 Å². The van der Waals surface area contributed by atoms with E-state index in [1.54, 1.807) is 6.92 Å². The van der Waals surface area contributed by atoms with Crippen molar-refractivity contribution in [2.24, 2.45) is 0 Å². The van der Waals surface area contributed by atoms with E-state index in [-0.39, 0.29) is 11.9 Å². The fraction of sp³-hybridized carbons (Fsp3) is 0.333. The second-order valence-electron chi connectivity index (χ2n) is 1.61. The Morgan fingerprint density at radius 2 is 2.38 bits per heavy atom. The zero-order chi connectivity index (χ0) is 6.57. The van der Waals surface area contributed by atoms with Crippen LogP contribution in [0.1, 0.15) is 6.92 Å². The van der Waals surface area contributed by atoms with Gasteiger partial charge in [0.05, 0.1) is 0 Å². The largest absolute Gasteiger partial charge is 0.350 e. The van der Waals surface area contributed by atoms with Crippen molar-refractivity contribution in [3.63, 3.8) is 0 Å². The number of amides is 1. The average molecular weight is 112 g/mol. The summed E-state index contributed by atoms with van der Waals surface area (Å²) in [6, 6.07) is -0.0412. The number of hydrogen-bond acceptors (Lipinski definition) is 1. The monoisotopic (exact) mass is 112 g/mol. The fourth-order valence-electron chi connectivity index (χ4n) is 0.302. The summed E-state index contributed by atoms with van der Waals surface area (Å²) < 4.78 is 0. The lowest BCUT2D eigenvalue weighted by atomic mass is 10.4. The van der Waals surface area contributed by atoms with Crippen molar-refractivity contribution in [1.82, 2.24) is 5.32 Å². The van der Waals surface area contributed by atoms with Crippen molar-refractivity contribution >= 4 is 5.91 Å². The SMILES string of the molecule is [CH2]C(C)NC(=O)C=C. The number of carbonyl (C=O) groups is 1. The lowest BCUT2D eigenvalue weighted by Gasteiger charge is -2.02. The van der Waals surface area contributed by atoms with Gasteiger partial charge in [0.25, 0.3) is 0 Å². The van der Waals surface area contributed by atoms with Gasteiger partial charge in [-0.15, -0.1) is 0 Å². The van der Waals surface area contributed by atoms with E-state index in [4.69, 9.17) is 0 Å². The molecule has 0 aliphatic rings. The van der Waals surface area contributed by atoms with Crippen LogP contribution in [0.15, 0.2) is 12.7 Å². The van der Waals surface area contributed by atoms with E-state index in [1.165, 1.54) is 6.08 Å². The second kappa shape index (κ2) is 3.24. The van der Waals surface area contributed by atoms with Crippen molar-refractivity contribution in [3.05, 3.63) is 19.6 Å². The Morgan fingerprint density at radius 1 is 1.88 bits per heavy atom. The van der Waals surface area contributed by atoms with Crippen LogP contribution in [-0.2, 0) is 4.79 Å². The van der Waals surface area contributed by atoms with Crippen molar-refractivity contribution < 1.29 is 4.79 Å². The maximum absolute atomic E-state index is 10.4. The minimum atomic E-state index is -0.174. The molecule has 1 amide bonds. The van der Waals surface area contributed by atoms with E-state index in [0.29, 0.717) is 0 Å². The van der Waals surface area contributed by atoms with E-state index in [9.17, 15) is 4.79 Å². The van der Waals surface area contributed by atoms with E-state index < -0.39 is 0 Å². The molecule has 0 saturated heterocycles. The first-order valence-electron chi connectivity index (χ1n) is 2.43. The standard InChI is InChI=1S/C6H10NO/c1-4-6(8)7-5(2)3/h4-5H,1-2H2,3H3,(H,7,8). The quantitative estimate of drug-likeness (QED) is 0.518. The normalized spacial score (nSPS) is 8.88. The van der Waals surface area contributed by atoms with Crippen molar-refractivity contribution in [2.45, 2.75) is 13.0 Å². The average Bonchev–Trinajstić information content (AvgIpc) is 1.65. The van der Waals surface area contributed by atoms with Crippen LogP contribution < -0.4 is 5.32 Å². The molecular weight excluding hydrogens is 102 g/mol. The first-order chi connectivity index (χ1) is 3.66. The molecule has 0 spiro atoms. The molecule has 1 N–H and O–H groups in total. The first kappa shape index (κ1) is 7.21. The predicted octanol–water partition coefficient (Wildman–Crippen LogP) is 0.511. The van der Waals surface area contributed by atoms with Gasteiger partial charge in [0.1, 0.15) is 0 Å². The van der Waals surface area contributed by atoms with Crippen LogP contribution in [0.4, 0.5) is 0 Å². The number of carbonyl (C=O) groups excluding carboxylic acids is 1. The Balaban J connectivity index is 3.39. The van der Waals surface area contributed by atoms with Gasteiger partial charge in [0.2, 0.25) is 5.91 Å². The molecule has 0 aromatic heterocycles. The molecule has 0 aliphatic carbocycles. The Labute approximate surface area is 49.6 Å². The summed E-state index contributed by atoms with van der Waals surface area (Å²) in [5, 5.41) is 2.52. The van der Waals surface area contributed by atoms with Gasteiger partial charge in [-0.05, 0) is 19.9 Å². The Kier molecular flexibility index (Phi) is 2.92. The molecule has 0 bridgehead atoms. The molecule has 1 atom stereocenters. The van der Waals surface area contributed by atoms with Crippen LogP contribution in [0.2, 0.25) is 0 Å². The number of hydrogen-bond donors (Lipinski definition) is 1. The molecule has 45 valence electrons. The molecule has 0 heterocycles. The molecule has 2 nitrogen and oxygen atoms in total. The molecule has 8 heavy (non-hydrogen) atoms. The highest BCUT2D eigenvalue weighted by Gasteiger charge is 1.93. The summed E-state index contributed by atoms with van der Waals surface area (Å²) >= 11 is 0. The second-order valence-corrected chi connectivity index (χ2v) is 1.61. The van der Waals surface area contributed by atoms with Gasteiger partial charge in [0, 0.05) is 6.04 Å². The van der Waals surface area contributed by atoms with E-state index in [0.717, 1.165) is 0 Å². The Hall–Kier alpha value is -0.790. The summed E-state index contributed by atoms with van der Waals surface area (Å²) in [7, 11) is 0. The smallest absolute Gasteiger partial charge is 0.243 e. The zero-order valence-electron chi connectivity index (χ0n) is 4.98. The summed E-state index contributed by atoms with van der Waals surface area (Å²) in [6.07, 6.45) is 1.22. The summed E-state index contributed by atoms with van der Waals surface area (Å²) in [4.78, 5) is 10.4. The van der Waals surface area contributed by atoms with Crippen molar-refractivity contribution in [3.8, 4) is 0 Å². The topological polar surface area (TPSA) is 29.1 Å². The van der Waals surface area contributed by atoms with E-state index in [2.05, 4.69) is 18.8 Å². The summed E-state index contributed by atoms with van der Waals surface area (Å²) in [5.41, 5.74) is 0. The Morgan fingerprint density at radius 3 is 2.50 bits per heavy atom. The van der Waals surface area contributed by atoms with Crippen LogP contribution in [-0.4, -0.2) is 11.9 Å². The van der Waals surface area contributed by atoms with Gasteiger partial charge in [0.15, 0.2) is 0 Å². The maximum atomic E-state index is 10.4. The minimum Gasteiger partial charge on any atom is -0.350 e. The molecule has 0 saturated carbocycles. The van der Waals surface area contributed by atoms with Crippen LogP contribution in [0, 0.1) is 6.92 Å². The Bertz CT molecular complexity index is 96.7. The highest BCUT2D eigenvalue weighted by molar-refractivity contribution is 5.87. The summed E-state index contributed by atoms with van der Waals surface area (Å²) in [6.45, 7) is 8.61. The van der Waals surface area contributed by atoms with Gasteiger partial charge in [-0.25, -0.2) is 0 Å². The van der Waals surface area contributed by atoms with Crippen LogP contribution in [0.25, 0.3) is 0 Å². The highest BCUT2D eigenvalue weighted by atomic mass is 16.1. The minimum absolute atomic E-state index is 0.0412. The molecule has 1 unspecified atom stereocenters. The third kappa shape index (κ3) is 3.40. The molecule has 0 fully saturated rings. The van der Waals surface area contributed by atoms with Gasteiger partial charge in [-0.1, -0.05) is 6.58 Å². The molecule has 0 aromatic rings. The molecule has 1 radical (unpaired) electrons. The van der Waals surface area contributed by atoms with Crippen LogP contribution in [0.3, 0.4) is 0 Å². The molecule has 0 aliphatic heterocycles. The third-order valence-corrected chi connectivity index (χ3v) is 0.574. The first-order valence-corrected chi connectivity index (χ1v) is 2.43. The van der Waals surface area contributed by atoms with Gasteiger partial charge in [-0.2, -0.15) is 0 Å². The van der Waals surface area contributed by atoms with Crippen LogP contribution >= 0.6 is 0 Å². The summed E-state index contributed by atoms with van der Waals surface area (Å²) in [5.74, 6) is -0.174. The van der Waals surface area contributed by atoms with E-state index >= 15 is 0 Å². The zero-order valence-corrected chi connectivity index (χ0v) is 4.98. The van der Waals surface area contributed by atoms with E-state index in [1.807, 2.05) is 0 Å². The van der Waals surface area contributed by atoms with Gasteiger partial charge in [-0.3, -0.25) is 4.79 Å².